The molecule has 2 nitrogen and oxygen atoms in total. The van der Waals surface area contributed by atoms with Gasteiger partial charge >= 0.3 is 0 Å². The monoisotopic (exact) mass is 229 g/mol. The minimum Gasteiger partial charge on any atom is -0.417 e. The zero-order valence-electron chi connectivity index (χ0n) is 11.2. The standard InChI is InChI=1S/C12H27NOSi/c1-7-10-11(13-10)8-9-14-15(5,6)12(2,3)4/h10-11,13H,7-9H2,1-6H3/t10-,11-/m0/s1. The molecule has 0 saturated carbocycles. The summed E-state index contributed by atoms with van der Waals surface area (Å²) in [7, 11) is -1.50. The van der Waals surface area contributed by atoms with Crippen LogP contribution in [0.3, 0.4) is 0 Å². The van der Waals surface area contributed by atoms with Crippen molar-refractivity contribution in [1.29, 1.82) is 0 Å². The molecule has 0 amide bonds. The third kappa shape index (κ3) is 3.57. The molecule has 1 aliphatic heterocycles. The van der Waals surface area contributed by atoms with E-state index in [1.165, 1.54) is 12.8 Å². The number of rotatable bonds is 5. The van der Waals surface area contributed by atoms with E-state index < -0.39 is 8.32 Å². The first-order valence-electron chi connectivity index (χ1n) is 6.18. The van der Waals surface area contributed by atoms with Crippen LogP contribution in [0.15, 0.2) is 0 Å². The summed E-state index contributed by atoms with van der Waals surface area (Å²) in [6.07, 6.45) is 2.44. The normalized spacial score (nSPS) is 26.8. The van der Waals surface area contributed by atoms with Crippen molar-refractivity contribution in [2.45, 2.75) is 70.8 Å². The van der Waals surface area contributed by atoms with Crippen molar-refractivity contribution in [2.75, 3.05) is 6.61 Å². The summed E-state index contributed by atoms with van der Waals surface area (Å²) >= 11 is 0. The molecule has 1 fully saturated rings. The van der Waals surface area contributed by atoms with Crippen LogP contribution in [0.1, 0.15) is 40.5 Å². The second kappa shape index (κ2) is 4.56. The lowest BCUT2D eigenvalue weighted by atomic mass is 10.2. The predicted molar refractivity (Wildman–Crippen MR) is 68.8 cm³/mol. The molecule has 2 atom stereocenters. The fourth-order valence-electron chi connectivity index (χ4n) is 1.56. The summed E-state index contributed by atoms with van der Waals surface area (Å²) in [6, 6.07) is 1.51. The van der Waals surface area contributed by atoms with Gasteiger partial charge in [0.25, 0.3) is 0 Å². The van der Waals surface area contributed by atoms with Crippen molar-refractivity contribution in [3.05, 3.63) is 0 Å². The molecule has 1 aliphatic rings. The smallest absolute Gasteiger partial charge is 0.191 e. The van der Waals surface area contributed by atoms with Gasteiger partial charge in [0, 0.05) is 18.7 Å². The van der Waals surface area contributed by atoms with Crippen LogP contribution in [-0.4, -0.2) is 27.0 Å². The molecular weight excluding hydrogens is 202 g/mol. The van der Waals surface area contributed by atoms with Crippen molar-refractivity contribution in [1.82, 2.24) is 5.32 Å². The molecule has 0 unspecified atom stereocenters. The lowest BCUT2D eigenvalue weighted by Gasteiger charge is -2.36. The lowest BCUT2D eigenvalue weighted by molar-refractivity contribution is 0.281. The largest absolute Gasteiger partial charge is 0.417 e. The van der Waals surface area contributed by atoms with Crippen molar-refractivity contribution < 1.29 is 4.43 Å². The van der Waals surface area contributed by atoms with Gasteiger partial charge in [-0.3, -0.25) is 0 Å². The van der Waals surface area contributed by atoms with Crippen LogP contribution in [-0.2, 0) is 4.43 Å². The highest BCUT2D eigenvalue weighted by molar-refractivity contribution is 6.74. The maximum atomic E-state index is 6.14. The molecule has 0 aromatic heterocycles. The van der Waals surface area contributed by atoms with Crippen LogP contribution in [0.5, 0.6) is 0 Å². The molecule has 0 radical (unpaired) electrons. The van der Waals surface area contributed by atoms with Crippen LogP contribution in [0, 0.1) is 0 Å². The Balaban J connectivity index is 2.20. The molecule has 90 valence electrons. The van der Waals surface area contributed by atoms with E-state index in [0.717, 1.165) is 18.7 Å². The van der Waals surface area contributed by atoms with E-state index in [-0.39, 0.29) is 0 Å². The summed E-state index contributed by atoms with van der Waals surface area (Å²) in [5.41, 5.74) is 0. The Labute approximate surface area is 95.9 Å². The summed E-state index contributed by atoms with van der Waals surface area (Å²) in [5, 5.41) is 3.82. The first-order chi connectivity index (χ1) is 6.78. The third-order valence-corrected chi connectivity index (χ3v) is 8.48. The van der Waals surface area contributed by atoms with Crippen molar-refractivity contribution in [2.24, 2.45) is 0 Å². The second-order valence-electron chi connectivity index (χ2n) is 6.19. The van der Waals surface area contributed by atoms with E-state index in [1.807, 2.05) is 0 Å². The molecule has 15 heavy (non-hydrogen) atoms. The average Bonchev–Trinajstić information content (AvgIpc) is 2.81. The molecular formula is C12H27NOSi. The quantitative estimate of drug-likeness (QED) is 0.580. The van der Waals surface area contributed by atoms with E-state index in [2.05, 4.69) is 46.1 Å². The summed E-state index contributed by atoms with van der Waals surface area (Å²) in [4.78, 5) is 0. The topological polar surface area (TPSA) is 31.2 Å². The first-order valence-corrected chi connectivity index (χ1v) is 9.09. The molecule has 1 heterocycles. The second-order valence-corrected chi connectivity index (χ2v) is 11.0. The highest BCUT2D eigenvalue weighted by Crippen LogP contribution is 2.36. The van der Waals surface area contributed by atoms with E-state index in [9.17, 15) is 0 Å². The highest BCUT2D eigenvalue weighted by Gasteiger charge is 2.38. The maximum Gasteiger partial charge on any atom is 0.191 e. The van der Waals surface area contributed by atoms with E-state index >= 15 is 0 Å². The Morgan fingerprint density at radius 2 is 1.80 bits per heavy atom. The number of nitrogens with one attached hydrogen (secondary N) is 1. The molecule has 0 aromatic carbocycles. The first kappa shape index (κ1) is 13.2. The SMILES string of the molecule is CC[C@@H]1N[C@H]1CCO[Si](C)(C)C(C)(C)C. The van der Waals surface area contributed by atoms with Gasteiger partial charge in [-0.1, -0.05) is 27.7 Å². The third-order valence-electron chi connectivity index (χ3n) is 3.94. The van der Waals surface area contributed by atoms with Crippen LogP contribution in [0.25, 0.3) is 0 Å². The van der Waals surface area contributed by atoms with Crippen LogP contribution < -0.4 is 5.32 Å². The van der Waals surface area contributed by atoms with Crippen LogP contribution in [0.4, 0.5) is 0 Å². The fraction of sp³-hybridized carbons (Fsp3) is 1.00. The summed E-state index contributed by atoms with van der Waals surface area (Å²) in [6.45, 7) is 14.7. The highest BCUT2D eigenvalue weighted by atomic mass is 28.4. The van der Waals surface area contributed by atoms with Crippen LogP contribution in [0.2, 0.25) is 18.1 Å². The molecule has 3 heteroatoms. The number of hydrogen-bond donors (Lipinski definition) is 1. The molecule has 0 spiro atoms. The van der Waals surface area contributed by atoms with Gasteiger partial charge in [0.15, 0.2) is 8.32 Å². The minimum absolute atomic E-state index is 0.341. The lowest BCUT2D eigenvalue weighted by Crippen LogP contribution is -2.41. The Morgan fingerprint density at radius 3 is 2.20 bits per heavy atom. The summed E-state index contributed by atoms with van der Waals surface area (Å²) in [5.74, 6) is 0. The van der Waals surface area contributed by atoms with E-state index in [0.29, 0.717) is 5.04 Å². The van der Waals surface area contributed by atoms with Gasteiger partial charge in [0.1, 0.15) is 0 Å². The molecule has 0 bridgehead atoms. The molecule has 1 saturated heterocycles. The van der Waals surface area contributed by atoms with E-state index in [1.54, 1.807) is 0 Å². The van der Waals surface area contributed by atoms with Gasteiger partial charge in [0.2, 0.25) is 0 Å². The van der Waals surface area contributed by atoms with Gasteiger partial charge in [-0.25, -0.2) is 0 Å². The Kier molecular flexibility index (Phi) is 4.01. The predicted octanol–water partition coefficient (Wildman–Crippen LogP) is 3.15. The molecule has 1 N–H and O–H groups in total. The zero-order chi connectivity index (χ0) is 11.7. The van der Waals surface area contributed by atoms with Crippen molar-refractivity contribution >= 4 is 8.32 Å². The molecule has 0 aliphatic carbocycles. The number of hydrogen-bond acceptors (Lipinski definition) is 2. The van der Waals surface area contributed by atoms with Gasteiger partial charge in [-0.15, -0.1) is 0 Å². The fourth-order valence-corrected chi connectivity index (χ4v) is 2.63. The summed E-state index contributed by atoms with van der Waals surface area (Å²) < 4.78 is 6.14. The molecule has 0 aromatic rings. The molecule has 1 rings (SSSR count). The van der Waals surface area contributed by atoms with Gasteiger partial charge in [-0.05, 0) is 31.0 Å². The Morgan fingerprint density at radius 1 is 1.20 bits per heavy atom. The van der Waals surface area contributed by atoms with Gasteiger partial charge in [-0.2, -0.15) is 0 Å². The van der Waals surface area contributed by atoms with Gasteiger partial charge < -0.3 is 9.74 Å². The minimum atomic E-state index is -1.50. The zero-order valence-corrected chi connectivity index (χ0v) is 12.2. The Bertz CT molecular complexity index is 210. The van der Waals surface area contributed by atoms with E-state index in [4.69, 9.17) is 4.43 Å². The van der Waals surface area contributed by atoms with Crippen LogP contribution >= 0.6 is 0 Å². The van der Waals surface area contributed by atoms with Gasteiger partial charge in [0.05, 0.1) is 0 Å². The Hall–Kier alpha value is 0.137. The maximum absolute atomic E-state index is 6.14. The van der Waals surface area contributed by atoms with Crippen molar-refractivity contribution in [3.8, 4) is 0 Å². The van der Waals surface area contributed by atoms with Crippen molar-refractivity contribution in [3.63, 3.8) is 0 Å². The average molecular weight is 229 g/mol.